The van der Waals surface area contributed by atoms with Gasteiger partial charge < -0.3 is 14.9 Å². The third-order valence-corrected chi connectivity index (χ3v) is 5.36. The van der Waals surface area contributed by atoms with Crippen LogP contribution in [0.4, 0.5) is 18.9 Å². The lowest BCUT2D eigenvalue weighted by Gasteiger charge is -2.38. The molecule has 2 aromatic carbocycles. The Kier molecular flexibility index (Phi) is 5.59. The predicted molar refractivity (Wildman–Crippen MR) is 109 cm³/mol. The fourth-order valence-corrected chi connectivity index (χ4v) is 3.60. The summed E-state index contributed by atoms with van der Waals surface area (Å²) in [6, 6.07) is 11.9. The van der Waals surface area contributed by atoms with E-state index in [1.807, 2.05) is 24.1 Å². The summed E-state index contributed by atoms with van der Waals surface area (Å²) < 4.78 is 40.7. The third kappa shape index (κ3) is 4.49. The Morgan fingerprint density at radius 3 is 2.29 bits per heavy atom. The number of anilines is 1. The molecule has 0 spiro atoms. The molecule has 7 nitrogen and oxygen atoms in total. The number of likely N-dealkylation sites (N-methyl/N-ethyl adjacent to an activating group) is 1. The molecule has 0 aliphatic carbocycles. The van der Waals surface area contributed by atoms with Crippen molar-refractivity contribution in [3.8, 4) is 5.69 Å². The number of aromatic nitrogens is 3. The second kappa shape index (κ2) is 8.20. The van der Waals surface area contributed by atoms with Crippen molar-refractivity contribution in [3.63, 3.8) is 0 Å². The zero-order valence-electron chi connectivity index (χ0n) is 16.8. The molecule has 1 N–H and O–H groups in total. The number of aliphatic hydroxyl groups excluding tert-OH is 1. The maximum atomic E-state index is 12.7. The summed E-state index contributed by atoms with van der Waals surface area (Å²) in [7, 11) is 1.96. The molecule has 1 aliphatic rings. The second-order valence-electron chi connectivity index (χ2n) is 7.59. The summed E-state index contributed by atoms with van der Waals surface area (Å²) >= 11 is 0. The zero-order chi connectivity index (χ0) is 22.2. The molecule has 4 rings (SSSR count). The van der Waals surface area contributed by atoms with Gasteiger partial charge in [0.25, 0.3) is 0 Å². The van der Waals surface area contributed by atoms with Crippen molar-refractivity contribution in [1.29, 1.82) is 0 Å². The third-order valence-electron chi connectivity index (χ3n) is 5.36. The molecular formula is C21H22F3N5O2. The highest BCUT2D eigenvalue weighted by molar-refractivity contribution is 5.51. The molecule has 10 heteroatoms. The van der Waals surface area contributed by atoms with Crippen LogP contribution < -0.4 is 10.6 Å². The SMILES string of the molecule is CN1CCN(c2ccc(-n3cnn(Cc4ccc(C(F)(F)F)cc4)c3=O)cc2)C(O)C1. The Morgan fingerprint density at radius 1 is 1.03 bits per heavy atom. The van der Waals surface area contributed by atoms with E-state index in [9.17, 15) is 23.1 Å². The number of piperazine rings is 1. The number of aliphatic hydroxyl groups is 1. The van der Waals surface area contributed by atoms with Crippen molar-refractivity contribution < 1.29 is 18.3 Å². The minimum Gasteiger partial charge on any atom is -0.372 e. The molecule has 1 saturated heterocycles. The first-order valence-corrected chi connectivity index (χ1v) is 9.76. The van der Waals surface area contributed by atoms with Gasteiger partial charge >= 0.3 is 11.9 Å². The van der Waals surface area contributed by atoms with Crippen molar-refractivity contribution in [3.05, 3.63) is 76.5 Å². The number of benzene rings is 2. The summed E-state index contributed by atoms with van der Waals surface area (Å²) in [5, 5.41) is 14.4. The van der Waals surface area contributed by atoms with Gasteiger partial charge in [-0.25, -0.2) is 14.0 Å². The van der Waals surface area contributed by atoms with Crippen LogP contribution >= 0.6 is 0 Å². The minimum absolute atomic E-state index is 0.0650. The molecule has 0 bridgehead atoms. The molecule has 0 amide bonds. The lowest BCUT2D eigenvalue weighted by molar-refractivity contribution is -0.137. The van der Waals surface area contributed by atoms with Gasteiger partial charge in [0.05, 0.1) is 17.8 Å². The minimum atomic E-state index is -4.40. The van der Waals surface area contributed by atoms with E-state index < -0.39 is 23.7 Å². The molecule has 164 valence electrons. The normalized spacial score (nSPS) is 17.8. The first kappa shape index (κ1) is 21.1. The van der Waals surface area contributed by atoms with Crippen LogP contribution in [0.15, 0.2) is 59.7 Å². The monoisotopic (exact) mass is 433 g/mol. The van der Waals surface area contributed by atoms with Crippen LogP contribution in [0.2, 0.25) is 0 Å². The highest BCUT2D eigenvalue weighted by Gasteiger charge is 2.30. The smallest absolute Gasteiger partial charge is 0.372 e. The van der Waals surface area contributed by atoms with Crippen LogP contribution in [-0.4, -0.2) is 57.3 Å². The van der Waals surface area contributed by atoms with E-state index in [0.29, 0.717) is 24.3 Å². The molecule has 2 heterocycles. The number of hydrogen-bond acceptors (Lipinski definition) is 5. The summed E-state index contributed by atoms with van der Waals surface area (Å²) in [4.78, 5) is 16.7. The number of halogens is 3. The topological polar surface area (TPSA) is 66.5 Å². The van der Waals surface area contributed by atoms with E-state index in [0.717, 1.165) is 24.4 Å². The number of β-amino-alcohol motifs (C(OH)–C–C–N with tert-alkyl or cyclic N) is 1. The lowest BCUT2D eigenvalue weighted by atomic mass is 10.1. The first-order chi connectivity index (χ1) is 14.7. The Balaban J connectivity index is 1.50. The molecule has 1 atom stereocenters. The van der Waals surface area contributed by atoms with E-state index in [4.69, 9.17) is 0 Å². The van der Waals surface area contributed by atoms with E-state index in [2.05, 4.69) is 10.00 Å². The van der Waals surface area contributed by atoms with Crippen LogP contribution in [0, 0.1) is 0 Å². The summed E-state index contributed by atoms with van der Waals surface area (Å²) in [6.07, 6.45) is -3.62. The maximum absolute atomic E-state index is 12.7. The molecule has 31 heavy (non-hydrogen) atoms. The average molecular weight is 433 g/mol. The van der Waals surface area contributed by atoms with E-state index in [1.54, 1.807) is 12.1 Å². The van der Waals surface area contributed by atoms with Crippen LogP contribution in [-0.2, 0) is 12.7 Å². The molecular weight excluding hydrogens is 411 g/mol. The van der Waals surface area contributed by atoms with Gasteiger partial charge in [0.15, 0.2) is 0 Å². The standard InChI is InChI=1S/C21H22F3N5O2/c1-26-10-11-27(19(30)13-26)17-6-8-18(9-7-17)28-14-25-29(20(28)31)12-15-2-4-16(5-3-15)21(22,23)24/h2-9,14,19,30H,10-13H2,1H3. The first-order valence-electron chi connectivity index (χ1n) is 9.76. The molecule has 1 aliphatic heterocycles. The largest absolute Gasteiger partial charge is 0.416 e. The van der Waals surface area contributed by atoms with Crippen LogP contribution in [0.5, 0.6) is 0 Å². The molecule has 0 radical (unpaired) electrons. The quantitative estimate of drug-likeness (QED) is 0.683. The number of rotatable bonds is 4. The molecule has 1 unspecified atom stereocenters. The van der Waals surface area contributed by atoms with Crippen molar-refractivity contribution in [2.75, 3.05) is 31.6 Å². The summed E-state index contributed by atoms with van der Waals surface area (Å²) in [6.45, 7) is 2.16. The number of alkyl halides is 3. The fraction of sp³-hybridized carbons (Fsp3) is 0.333. The van der Waals surface area contributed by atoms with Crippen LogP contribution in [0.1, 0.15) is 11.1 Å². The zero-order valence-corrected chi connectivity index (χ0v) is 16.8. The van der Waals surface area contributed by atoms with Crippen molar-refractivity contribution in [1.82, 2.24) is 19.2 Å². The predicted octanol–water partition coefficient (Wildman–Crippen LogP) is 2.17. The van der Waals surface area contributed by atoms with Crippen LogP contribution in [0.25, 0.3) is 5.69 Å². The highest BCUT2D eigenvalue weighted by Crippen LogP contribution is 2.29. The molecule has 1 aromatic heterocycles. The Morgan fingerprint density at radius 2 is 1.68 bits per heavy atom. The van der Waals surface area contributed by atoms with E-state index in [-0.39, 0.29) is 6.54 Å². The van der Waals surface area contributed by atoms with Gasteiger partial charge in [0.2, 0.25) is 0 Å². The van der Waals surface area contributed by atoms with Crippen LogP contribution in [0.3, 0.4) is 0 Å². The van der Waals surface area contributed by atoms with Gasteiger partial charge in [-0.15, -0.1) is 0 Å². The number of hydrogen-bond donors (Lipinski definition) is 1. The van der Waals surface area contributed by atoms with Crippen molar-refractivity contribution in [2.45, 2.75) is 18.9 Å². The van der Waals surface area contributed by atoms with Gasteiger partial charge in [-0.1, -0.05) is 12.1 Å². The fourth-order valence-electron chi connectivity index (χ4n) is 3.60. The summed E-state index contributed by atoms with van der Waals surface area (Å²) in [5.41, 5.74) is 0.872. The molecule has 3 aromatic rings. The Hall–Kier alpha value is -3.11. The van der Waals surface area contributed by atoms with Gasteiger partial charge in [0.1, 0.15) is 12.6 Å². The molecule has 1 fully saturated rings. The highest BCUT2D eigenvalue weighted by atomic mass is 19.4. The van der Waals surface area contributed by atoms with Gasteiger partial charge in [-0.05, 0) is 49.0 Å². The Bertz CT molecular complexity index is 1090. The second-order valence-corrected chi connectivity index (χ2v) is 7.59. The van der Waals surface area contributed by atoms with Crippen molar-refractivity contribution >= 4 is 5.69 Å². The van der Waals surface area contributed by atoms with Gasteiger partial charge in [-0.3, -0.25) is 0 Å². The van der Waals surface area contributed by atoms with E-state index >= 15 is 0 Å². The van der Waals surface area contributed by atoms with Crippen molar-refractivity contribution in [2.24, 2.45) is 0 Å². The Labute approximate surface area is 176 Å². The van der Waals surface area contributed by atoms with Gasteiger partial charge in [-0.2, -0.15) is 18.3 Å². The van der Waals surface area contributed by atoms with Gasteiger partial charge in [0, 0.05) is 25.3 Å². The lowest BCUT2D eigenvalue weighted by Crippen LogP contribution is -2.51. The average Bonchev–Trinajstić information content (AvgIpc) is 3.08. The van der Waals surface area contributed by atoms with E-state index in [1.165, 1.54) is 27.7 Å². The molecule has 0 saturated carbocycles. The maximum Gasteiger partial charge on any atom is 0.416 e. The number of nitrogens with zero attached hydrogens (tertiary/aromatic N) is 5. The summed E-state index contributed by atoms with van der Waals surface area (Å²) in [5.74, 6) is 0.